The van der Waals surface area contributed by atoms with Gasteiger partial charge in [0.15, 0.2) is 0 Å². The van der Waals surface area contributed by atoms with E-state index in [4.69, 9.17) is 0 Å². The van der Waals surface area contributed by atoms with Gasteiger partial charge in [0.25, 0.3) is 5.91 Å². The summed E-state index contributed by atoms with van der Waals surface area (Å²) in [5.74, 6) is -0.844. The molecular weight excluding hydrogens is 379 g/mol. The highest BCUT2D eigenvalue weighted by molar-refractivity contribution is 6.01. The summed E-state index contributed by atoms with van der Waals surface area (Å²) < 4.78 is 15.7. The fraction of sp³-hybridized carbons (Fsp3) is 0.0833. The van der Waals surface area contributed by atoms with Crippen molar-refractivity contribution in [2.75, 3.05) is 6.54 Å². The van der Waals surface area contributed by atoms with Crippen molar-refractivity contribution < 1.29 is 9.18 Å². The first-order valence-corrected chi connectivity index (χ1v) is 9.54. The first kappa shape index (κ1) is 19.2. The number of halogens is 1. The molecule has 0 bridgehead atoms. The Morgan fingerprint density at radius 3 is 2.77 bits per heavy atom. The molecule has 1 amide bonds. The molecule has 4 rings (SSSR count). The Morgan fingerprint density at radius 1 is 1.13 bits per heavy atom. The van der Waals surface area contributed by atoms with E-state index in [1.165, 1.54) is 12.1 Å². The summed E-state index contributed by atoms with van der Waals surface area (Å²) in [7, 11) is 0. The number of rotatable bonds is 6. The van der Waals surface area contributed by atoms with Crippen LogP contribution >= 0.6 is 0 Å². The Bertz CT molecular complexity index is 1280. The normalized spacial score (nSPS) is 11.4. The van der Waals surface area contributed by atoms with E-state index in [0.29, 0.717) is 24.3 Å². The maximum atomic E-state index is 14.1. The second kappa shape index (κ2) is 8.50. The lowest BCUT2D eigenvalue weighted by atomic mass is 10.1. The third kappa shape index (κ3) is 3.87. The highest BCUT2D eigenvalue weighted by atomic mass is 19.1. The SMILES string of the molecule is N#C/C(=C/c1cccn1-c1ccccc1F)C(=O)NCCc1c[nH]c2ccccc12. The number of hydrogen-bond acceptors (Lipinski definition) is 2. The zero-order chi connectivity index (χ0) is 20.9. The minimum atomic E-state index is -0.460. The molecule has 2 aromatic carbocycles. The molecule has 148 valence electrons. The quantitative estimate of drug-likeness (QED) is 0.374. The summed E-state index contributed by atoms with van der Waals surface area (Å²) in [6, 6.07) is 19.7. The van der Waals surface area contributed by atoms with Gasteiger partial charge in [0.05, 0.1) is 5.69 Å². The lowest BCUT2D eigenvalue weighted by Gasteiger charge is -2.08. The van der Waals surface area contributed by atoms with Crippen LogP contribution < -0.4 is 5.32 Å². The van der Waals surface area contributed by atoms with Gasteiger partial charge in [0.1, 0.15) is 17.5 Å². The molecule has 0 saturated carbocycles. The third-order valence-electron chi connectivity index (χ3n) is 4.90. The van der Waals surface area contributed by atoms with Gasteiger partial charge in [-0.05, 0) is 48.4 Å². The van der Waals surface area contributed by atoms with E-state index in [-0.39, 0.29) is 11.4 Å². The van der Waals surface area contributed by atoms with Crippen LogP contribution in [0, 0.1) is 17.1 Å². The number of nitrogens with one attached hydrogen (secondary N) is 2. The lowest BCUT2D eigenvalue weighted by Crippen LogP contribution is -2.26. The van der Waals surface area contributed by atoms with Crippen molar-refractivity contribution >= 4 is 22.9 Å². The van der Waals surface area contributed by atoms with E-state index in [2.05, 4.69) is 10.3 Å². The molecule has 2 aromatic heterocycles. The molecule has 30 heavy (non-hydrogen) atoms. The first-order chi connectivity index (χ1) is 14.7. The molecule has 6 heteroatoms. The number of aromatic nitrogens is 2. The number of H-pyrrole nitrogens is 1. The fourth-order valence-corrected chi connectivity index (χ4v) is 3.42. The van der Waals surface area contributed by atoms with Crippen LogP contribution in [0.15, 0.2) is 78.6 Å². The van der Waals surface area contributed by atoms with Gasteiger partial charge >= 0.3 is 0 Å². The van der Waals surface area contributed by atoms with E-state index in [9.17, 15) is 14.4 Å². The molecule has 0 aliphatic carbocycles. The molecule has 0 unspecified atom stereocenters. The van der Waals surface area contributed by atoms with Crippen LogP contribution in [0.5, 0.6) is 0 Å². The maximum absolute atomic E-state index is 14.1. The Kier molecular flexibility index (Phi) is 5.44. The minimum Gasteiger partial charge on any atom is -0.361 e. The number of nitrogens with zero attached hydrogens (tertiary/aromatic N) is 2. The second-order valence-corrected chi connectivity index (χ2v) is 6.79. The number of amides is 1. The zero-order valence-electron chi connectivity index (χ0n) is 16.1. The van der Waals surface area contributed by atoms with Gasteiger partial charge in [-0.1, -0.05) is 30.3 Å². The molecule has 0 radical (unpaired) electrons. The van der Waals surface area contributed by atoms with Crippen molar-refractivity contribution in [3.8, 4) is 11.8 Å². The molecule has 4 aromatic rings. The summed E-state index contributed by atoms with van der Waals surface area (Å²) in [5.41, 5.74) is 3.01. The van der Waals surface area contributed by atoms with Crippen molar-refractivity contribution in [3.63, 3.8) is 0 Å². The molecule has 0 fully saturated rings. The van der Waals surface area contributed by atoms with Gasteiger partial charge in [-0.2, -0.15) is 5.26 Å². The molecule has 5 nitrogen and oxygen atoms in total. The second-order valence-electron chi connectivity index (χ2n) is 6.79. The van der Waals surface area contributed by atoms with Crippen LogP contribution in [0.2, 0.25) is 0 Å². The van der Waals surface area contributed by atoms with Gasteiger partial charge in [0.2, 0.25) is 0 Å². The predicted molar refractivity (Wildman–Crippen MR) is 114 cm³/mol. The molecule has 2 heterocycles. The van der Waals surface area contributed by atoms with Crippen LogP contribution in [0.4, 0.5) is 4.39 Å². The Balaban J connectivity index is 1.47. The van der Waals surface area contributed by atoms with E-state index in [1.54, 1.807) is 41.1 Å². The smallest absolute Gasteiger partial charge is 0.262 e. The molecular formula is C24H19FN4O. The number of nitriles is 1. The van der Waals surface area contributed by atoms with Crippen molar-refractivity contribution in [3.05, 3.63) is 95.7 Å². The average Bonchev–Trinajstić information content (AvgIpc) is 3.39. The van der Waals surface area contributed by atoms with Gasteiger partial charge < -0.3 is 14.9 Å². The summed E-state index contributed by atoms with van der Waals surface area (Å²) in [6.45, 7) is 0.397. The average molecular weight is 398 g/mol. The summed E-state index contributed by atoms with van der Waals surface area (Å²) in [5, 5.41) is 13.4. The van der Waals surface area contributed by atoms with Gasteiger partial charge in [-0.3, -0.25) is 4.79 Å². The Morgan fingerprint density at radius 2 is 1.93 bits per heavy atom. The zero-order valence-corrected chi connectivity index (χ0v) is 16.1. The predicted octanol–water partition coefficient (Wildman–Crippen LogP) is 4.36. The lowest BCUT2D eigenvalue weighted by molar-refractivity contribution is -0.117. The van der Waals surface area contributed by atoms with E-state index < -0.39 is 5.91 Å². The van der Waals surface area contributed by atoms with E-state index >= 15 is 0 Å². The summed E-state index contributed by atoms with van der Waals surface area (Å²) in [4.78, 5) is 15.7. The van der Waals surface area contributed by atoms with Crippen molar-refractivity contribution in [2.45, 2.75) is 6.42 Å². The number of carbonyl (C=O) groups is 1. The molecule has 0 aliphatic heterocycles. The Hall–Kier alpha value is -4.11. The molecule has 0 atom stereocenters. The van der Waals surface area contributed by atoms with E-state index in [0.717, 1.165) is 16.5 Å². The van der Waals surface area contributed by atoms with Crippen LogP contribution in [0.1, 0.15) is 11.3 Å². The standard InChI is InChI=1S/C24H19FN4O/c25-21-8-2-4-10-23(21)29-13-5-6-19(29)14-18(15-26)24(30)27-12-11-17-16-28-22-9-3-1-7-20(17)22/h1-10,13-14,16,28H,11-12H2,(H,27,30)/b18-14-. The van der Waals surface area contributed by atoms with E-state index in [1.807, 2.05) is 36.5 Å². The molecule has 0 aliphatic rings. The number of benzene rings is 2. The highest BCUT2D eigenvalue weighted by Crippen LogP contribution is 2.19. The van der Waals surface area contributed by atoms with Crippen LogP contribution in [0.25, 0.3) is 22.7 Å². The van der Waals surface area contributed by atoms with Crippen LogP contribution in [-0.4, -0.2) is 22.0 Å². The van der Waals surface area contributed by atoms with Crippen molar-refractivity contribution in [2.24, 2.45) is 0 Å². The van der Waals surface area contributed by atoms with Gasteiger partial charge in [-0.25, -0.2) is 4.39 Å². The number of aromatic amines is 1. The molecule has 0 spiro atoms. The minimum absolute atomic E-state index is 0.0368. The van der Waals surface area contributed by atoms with Gasteiger partial charge in [0, 0.05) is 35.5 Å². The monoisotopic (exact) mass is 398 g/mol. The van der Waals surface area contributed by atoms with Crippen molar-refractivity contribution in [1.82, 2.24) is 14.9 Å². The Labute approximate surface area is 173 Å². The number of hydrogen-bond donors (Lipinski definition) is 2. The largest absolute Gasteiger partial charge is 0.361 e. The number of fused-ring (bicyclic) bond motifs is 1. The number of carbonyl (C=O) groups excluding carboxylic acids is 1. The fourth-order valence-electron chi connectivity index (χ4n) is 3.42. The first-order valence-electron chi connectivity index (χ1n) is 9.54. The highest BCUT2D eigenvalue weighted by Gasteiger charge is 2.12. The number of para-hydroxylation sites is 2. The van der Waals surface area contributed by atoms with Crippen molar-refractivity contribution in [1.29, 1.82) is 5.26 Å². The molecule has 2 N–H and O–H groups in total. The molecule has 0 saturated heterocycles. The van der Waals surface area contributed by atoms with Gasteiger partial charge in [-0.15, -0.1) is 0 Å². The summed E-state index contributed by atoms with van der Waals surface area (Å²) in [6.07, 6.45) is 5.72. The third-order valence-corrected chi connectivity index (χ3v) is 4.90. The maximum Gasteiger partial charge on any atom is 0.262 e. The van der Waals surface area contributed by atoms with Crippen LogP contribution in [0.3, 0.4) is 0 Å². The topological polar surface area (TPSA) is 73.6 Å². The summed E-state index contributed by atoms with van der Waals surface area (Å²) >= 11 is 0. The van der Waals surface area contributed by atoms with Crippen LogP contribution in [-0.2, 0) is 11.2 Å².